The van der Waals surface area contributed by atoms with Crippen LogP contribution in [0, 0.1) is 0 Å². The van der Waals surface area contributed by atoms with Crippen LogP contribution in [-0.4, -0.2) is 40.9 Å². The van der Waals surface area contributed by atoms with E-state index in [2.05, 4.69) is 10.4 Å². The van der Waals surface area contributed by atoms with Gasteiger partial charge in [0.15, 0.2) is 11.8 Å². The van der Waals surface area contributed by atoms with Gasteiger partial charge in [0, 0.05) is 24.1 Å². The second kappa shape index (κ2) is 6.75. The van der Waals surface area contributed by atoms with Gasteiger partial charge < -0.3 is 14.8 Å². The maximum absolute atomic E-state index is 12.8. The van der Waals surface area contributed by atoms with Crippen LogP contribution in [-0.2, 0) is 13.0 Å². The molecule has 2 aliphatic heterocycles. The molecule has 138 valence electrons. The predicted molar refractivity (Wildman–Crippen MR) is 89.2 cm³/mol. The Kier molecular flexibility index (Phi) is 4.44. The molecule has 0 spiro atoms. The minimum atomic E-state index is -2.57. The molecule has 0 saturated heterocycles. The van der Waals surface area contributed by atoms with Crippen molar-refractivity contribution in [1.82, 2.24) is 15.1 Å². The molecule has 2 atom stereocenters. The van der Waals surface area contributed by atoms with E-state index in [0.717, 1.165) is 11.3 Å². The van der Waals surface area contributed by atoms with Crippen LogP contribution in [0.5, 0.6) is 11.6 Å². The van der Waals surface area contributed by atoms with Crippen molar-refractivity contribution in [3.63, 3.8) is 0 Å². The summed E-state index contributed by atoms with van der Waals surface area (Å²) in [5.41, 5.74) is 1.05. The van der Waals surface area contributed by atoms with E-state index in [1.807, 2.05) is 6.07 Å². The third-order valence-electron chi connectivity index (χ3n) is 4.42. The Morgan fingerprint density at radius 3 is 3.04 bits per heavy atom. The standard InChI is InChI=1S/C17H16ClF2N3O3/c18-10-1-2-13-9(5-10)6-11(8-25-13)21-17(24)12-7-15-23(22-12)4-3-14(26-15)16(19)20/h1-2,5,7,11,14,16H,3-4,6,8H2,(H,21,24)/t11-,14?/m1/s1. The lowest BCUT2D eigenvalue weighted by molar-refractivity contribution is -0.0135. The summed E-state index contributed by atoms with van der Waals surface area (Å²) in [5.74, 6) is 0.538. The Bertz CT molecular complexity index is 843. The van der Waals surface area contributed by atoms with E-state index >= 15 is 0 Å². The summed E-state index contributed by atoms with van der Waals surface area (Å²) in [6.45, 7) is 0.619. The molecule has 1 N–H and O–H groups in total. The van der Waals surface area contributed by atoms with Gasteiger partial charge in [0.05, 0.1) is 6.04 Å². The lowest BCUT2D eigenvalue weighted by atomic mass is 10.0. The first-order valence-corrected chi connectivity index (χ1v) is 8.62. The predicted octanol–water partition coefficient (Wildman–Crippen LogP) is 2.69. The number of aryl methyl sites for hydroxylation is 1. The number of ether oxygens (including phenoxy) is 2. The van der Waals surface area contributed by atoms with Crippen molar-refractivity contribution in [3.05, 3.63) is 40.5 Å². The molecular formula is C17H16ClF2N3O3. The molecule has 1 aromatic carbocycles. The highest BCUT2D eigenvalue weighted by atomic mass is 35.5. The summed E-state index contributed by atoms with van der Waals surface area (Å²) in [6, 6.07) is 6.51. The fourth-order valence-electron chi connectivity index (χ4n) is 3.12. The lowest BCUT2D eigenvalue weighted by Gasteiger charge is -2.25. The molecule has 6 nitrogen and oxygen atoms in total. The molecule has 0 aliphatic carbocycles. The molecule has 0 bridgehead atoms. The zero-order valence-corrected chi connectivity index (χ0v) is 14.4. The Morgan fingerprint density at radius 1 is 1.38 bits per heavy atom. The number of benzene rings is 1. The van der Waals surface area contributed by atoms with Gasteiger partial charge in [0.25, 0.3) is 12.3 Å². The Hall–Kier alpha value is -2.35. The van der Waals surface area contributed by atoms with Gasteiger partial charge in [-0.05, 0) is 30.2 Å². The summed E-state index contributed by atoms with van der Waals surface area (Å²) in [7, 11) is 0. The highest BCUT2D eigenvalue weighted by Gasteiger charge is 2.30. The number of amides is 1. The van der Waals surface area contributed by atoms with Crippen molar-refractivity contribution in [3.8, 4) is 11.6 Å². The largest absolute Gasteiger partial charge is 0.491 e. The quantitative estimate of drug-likeness (QED) is 0.885. The first kappa shape index (κ1) is 17.1. The summed E-state index contributed by atoms with van der Waals surface area (Å²) in [6.07, 6.45) is -2.99. The van der Waals surface area contributed by atoms with Gasteiger partial charge in [-0.15, -0.1) is 0 Å². The van der Waals surface area contributed by atoms with Crippen molar-refractivity contribution >= 4 is 17.5 Å². The van der Waals surface area contributed by atoms with E-state index < -0.39 is 18.4 Å². The van der Waals surface area contributed by atoms with E-state index in [1.165, 1.54) is 10.7 Å². The molecular weight excluding hydrogens is 368 g/mol. The maximum atomic E-state index is 12.8. The van der Waals surface area contributed by atoms with Gasteiger partial charge in [0.2, 0.25) is 5.88 Å². The maximum Gasteiger partial charge on any atom is 0.274 e. The number of aromatic nitrogens is 2. The second-order valence-electron chi connectivity index (χ2n) is 6.31. The van der Waals surface area contributed by atoms with Crippen LogP contribution in [0.2, 0.25) is 5.02 Å². The van der Waals surface area contributed by atoms with Crippen LogP contribution >= 0.6 is 11.6 Å². The van der Waals surface area contributed by atoms with Crippen molar-refractivity contribution in [2.45, 2.75) is 38.0 Å². The summed E-state index contributed by atoms with van der Waals surface area (Å²) < 4.78 is 37.8. The summed E-state index contributed by atoms with van der Waals surface area (Å²) >= 11 is 6.00. The van der Waals surface area contributed by atoms with Crippen LogP contribution in [0.15, 0.2) is 24.3 Å². The van der Waals surface area contributed by atoms with E-state index in [9.17, 15) is 13.6 Å². The van der Waals surface area contributed by atoms with Crippen LogP contribution in [0.1, 0.15) is 22.5 Å². The molecule has 4 rings (SSSR count). The first-order valence-electron chi connectivity index (χ1n) is 8.24. The summed E-state index contributed by atoms with van der Waals surface area (Å²) in [4.78, 5) is 12.5. The van der Waals surface area contributed by atoms with Gasteiger partial charge in [-0.2, -0.15) is 5.10 Å². The van der Waals surface area contributed by atoms with Crippen molar-refractivity contribution in [2.24, 2.45) is 0 Å². The van der Waals surface area contributed by atoms with Crippen LogP contribution in [0.3, 0.4) is 0 Å². The minimum Gasteiger partial charge on any atom is -0.491 e. The number of nitrogens with zero attached hydrogens (tertiary/aromatic N) is 2. The average molecular weight is 384 g/mol. The SMILES string of the molecule is O=C(N[C@H]1COc2ccc(Cl)cc2C1)c1cc2n(n1)CCC(C(F)F)O2. The number of hydrogen-bond donors (Lipinski definition) is 1. The molecule has 3 heterocycles. The topological polar surface area (TPSA) is 65.4 Å². The lowest BCUT2D eigenvalue weighted by Crippen LogP contribution is -2.42. The second-order valence-corrected chi connectivity index (χ2v) is 6.74. The Balaban J connectivity index is 1.43. The van der Waals surface area contributed by atoms with Crippen LogP contribution < -0.4 is 14.8 Å². The molecule has 1 aromatic heterocycles. The fraction of sp³-hybridized carbons (Fsp3) is 0.412. The molecule has 2 aromatic rings. The minimum absolute atomic E-state index is 0.131. The number of alkyl halides is 2. The van der Waals surface area contributed by atoms with E-state index in [4.69, 9.17) is 21.1 Å². The zero-order chi connectivity index (χ0) is 18.3. The van der Waals surface area contributed by atoms with Crippen molar-refractivity contribution in [1.29, 1.82) is 0 Å². The van der Waals surface area contributed by atoms with Gasteiger partial charge >= 0.3 is 0 Å². The number of carbonyl (C=O) groups excluding carboxylic acids is 1. The van der Waals surface area contributed by atoms with Gasteiger partial charge in [-0.1, -0.05) is 11.6 Å². The van der Waals surface area contributed by atoms with Crippen LogP contribution in [0.4, 0.5) is 8.78 Å². The molecule has 0 radical (unpaired) electrons. The number of fused-ring (bicyclic) bond motifs is 2. The molecule has 1 amide bonds. The van der Waals surface area contributed by atoms with Crippen molar-refractivity contribution in [2.75, 3.05) is 6.61 Å². The van der Waals surface area contributed by atoms with E-state index in [0.29, 0.717) is 18.1 Å². The zero-order valence-electron chi connectivity index (χ0n) is 13.6. The molecule has 9 heteroatoms. The summed E-state index contributed by atoms with van der Waals surface area (Å²) in [5, 5.41) is 7.60. The van der Waals surface area contributed by atoms with Gasteiger partial charge in [0.1, 0.15) is 12.4 Å². The number of nitrogens with one attached hydrogen (secondary N) is 1. The van der Waals surface area contributed by atoms with Crippen molar-refractivity contribution < 1.29 is 23.0 Å². The first-order chi connectivity index (χ1) is 12.5. The number of halogens is 3. The molecule has 0 fully saturated rings. The normalized spacial score (nSPS) is 21.4. The smallest absolute Gasteiger partial charge is 0.274 e. The number of rotatable bonds is 3. The Morgan fingerprint density at radius 2 is 2.23 bits per heavy atom. The van der Waals surface area contributed by atoms with Gasteiger partial charge in [-0.3, -0.25) is 4.79 Å². The highest BCUT2D eigenvalue weighted by Crippen LogP contribution is 2.28. The van der Waals surface area contributed by atoms with E-state index in [1.54, 1.807) is 12.1 Å². The third kappa shape index (κ3) is 3.33. The highest BCUT2D eigenvalue weighted by molar-refractivity contribution is 6.30. The third-order valence-corrected chi connectivity index (χ3v) is 4.65. The number of hydrogen-bond acceptors (Lipinski definition) is 4. The Labute approximate surface area is 153 Å². The van der Waals surface area contributed by atoms with Gasteiger partial charge in [-0.25, -0.2) is 13.5 Å². The molecule has 2 aliphatic rings. The average Bonchev–Trinajstić information content (AvgIpc) is 3.04. The van der Waals surface area contributed by atoms with E-state index in [-0.39, 0.29) is 30.6 Å². The molecule has 1 unspecified atom stereocenters. The fourth-order valence-corrected chi connectivity index (χ4v) is 3.32. The molecule has 26 heavy (non-hydrogen) atoms. The monoisotopic (exact) mass is 383 g/mol. The molecule has 0 saturated carbocycles. The number of carbonyl (C=O) groups is 1. The van der Waals surface area contributed by atoms with Crippen LogP contribution in [0.25, 0.3) is 0 Å².